The van der Waals surface area contributed by atoms with Gasteiger partial charge in [0, 0.05) is 6.67 Å². The molecular formula is C19H16N4Pt. The Bertz CT molecular complexity index is 640. The summed E-state index contributed by atoms with van der Waals surface area (Å²) in [6, 6.07) is 22.3. The third-order valence-corrected chi connectivity index (χ3v) is 3.65. The molecule has 0 spiro atoms. The molecule has 2 heterocycles. The molecule has 0 N–H and O–H groups in total. The molecular weight excluding hydrogens is 479 g/mol. The van der Waals surface area contributed by atoms with E-state index in [4.69, 9.17) is 0 Å². The van der Waals surface area contributed by atoms with Crippen molar-refractivity contribution >= 4 is 11.4 Å². The quantitative estimate of drug-likeness (QED) is 0.604. The van der Waals surface area contributed by atoms with Crippen LogP contribution in [0.25, 0.3) is 0 Å². The molecule has 2 aromatic carbocycles. The number of anilines is 2. The largest absolute Gasteiger partial charge is 4.00 e. The van der Waals surface area contributed by atoms with Gasteiger partial charge in [0.1, 0.15) is 0 Å². The summed E-state index contributed by atoms with van der Waals surface area (Å²) in [5, 5.41) is 0. The zero-order valence-electron chi connectivity index (χ0n) is 12.9. The Kier molecular flexibility index (Phi) is 5.26. The fourth-order valence-electron chi connectivity index (χ4n) is 2.52. The minimum atomic E-state index is 0. The standard InChI is InChI=1S/C19H16N4.Pt/c1-3-7-18(8-4-1)22-13-11-20(16-22)15-21-12-14-23(17-21)19-9-5-2-6-10-19;/h1-7,9,11-14,16-17H,15H2;/q-4;+4. The van der Waals surface area contributed by atoms with Crippen molar-refractivity contribution in [3.63, 3.8) is 0 Å². The van der Waals surface area contributed by atoms with Gasteiger partial charge >= 0.3 is 21.1 Å². The Morgan fingerprint density at radius 2 is 1.21 bits per heavy atom. The fraction of sp³-hybridized carbons (Fsp3) is 0.0526. The van der Waals surface area contributed by atoms with Gasteiger partial charge in [0.2, 0.25) is 0 Å². The zero-order chi connectivity index (χ0) is 15.5. The van der Waals surface area contributed by atoms with Crippen LogP contribution >= 0.6 is 0 Å². The first kappa shape index (κ1) is 16.7. The predicted molar refractivity (Wildman–Crippen MR) is 90.9 cm³/mol. The van der Waals surface area contributed by atoms with Gasteiger partial charge in [-0.25, -0.2) is 0 Å². The van der Waals surface area contributed by atoms with E-state index in [1.165, 1.54) is 0 Å². The third kappa shape index (κ3) is 3.65. The van der Waals surface area contributed by atoms with Crippen molar-refractivity contribution in [2.75, 3.05) is 16.5 Å². The summed E-state index contributed by atoms with van der Waals surface area (Å²) < 4.78 is 0. The molecule has 5 heteroatoms. The van der Waals surface area contributed by atoms with Crippen LogP contribution in [0.2, 0.25) is 0 Å². The van der Waals surface area contributed by atoms with E-state index in [-0.39, 0.29) is 21.1 Å². The SMILES string of the molecule is [Pt+4].[c-]1ccccc1N1C=CN(CN2C=CN(c3[c-]cccc3)[CH-]2)[CH-]1. The summed E-state index contributed by atoms with van der Waals surface area (Å²) >= 11 is 0. The van der Waals surface area contributed by atoms with Crippen LogP contribution in [0.1, 0.15) is 0 Å². The van der Waals surface area contributed by atoms with Crippen molar-refractivity contribution in [1.82, 2.24) is 9.80 Å². The number of hydrogen-bond acceptors (Lipinski definition) is 4. The van der Waals surface area contributed by atoms with Gasteiger partial charge < -0.3 is 19.6 Å². The van der Waals surface area contributed by atoms with Crippen LogP contribution in [0, 0.1) is 25.5 Å². The van der Waals surface area contributed by atoms with Crippen molar-refractivity contribution < 1.29 is 21.1 Å². The van der Waals surface area contributed by atoms with Crippen molar-refractivity contribution in [1.29, 1.82) is 0 Å². The Morgan fingerprint density at radius 3 is 1.62 bits per heavy atom. The minimum absolute atomic E-state index is 0. The number of hydrogen-bond donors (Lipinski definition) is 0. The van der Waals surface area contributed by atoms with Crippen molar-refractivity contribution in [3.05, 3.63) is 98.8 Å². The first-order valence-corrected chi connectivity index (χ1v) is 7.47. The molecule has 0 saturated carbocycles. The molecule has 2 aliphatic heterocycles. The van der Waals surface area contributed by atoms with Gasteiger partial charge in [0.15, 0.2) is 0 Å². The molecule has 0 aromatic heterocycles. The van der Waals surface area contributed by atoms with Crippen LogP contribution in [0.5, 0.6) is 0 Å². The Labute approximate surface area is 157 Å². The Hall–Kier alpha value is -2.19. The molecule has 122 valence electrons. The third-order valence-electron chi connectivity index (χ3n) is 3.65. The van der Waals surface area contributed by atoms with E-state index >= 15 is 0 Å². The Morgan fingerprint density at radius 1 is 0.708 bits per heavy atom. The van der Waals surface area contributed by atoms with Gasteiger partial charge in [0.25, 0.3) is 0 Å². The molecule has 0 aliphatic carbocycles. The van der Waals surface area contributed by atoms with Crippen LogP contribution in [0.3, 0.4) is 0 Å². The molecule has 0 atom stereocenters. The number of rotatable bonds is 4. The van der Waals surface area contributed by atoms with Crippen LogP contribution in [0.15, 0.2) is 73.3 Å². The first-order chi connectivity index (χ1) is 11.4. The minimum Gasteiger partial charge on any atom is -0.500 e. The summed E-state index contributed by atoms with van der Waals surface area (Å²) in [5.74, 6) is 0. The van der Waals surface area contributed by atoms with E-state index in [2.05, 4.69) is 57.5 Å². The van der Waals surface area contributed by atoms with Crippen LogP contribution in [-0.2, 0) is 21.1 Å². The monoisotopic (exact) mass is 495 g/mol. The molecule has 0 unspecified atom stereocenters. The first-order valence-electron chi connectivity index (χ1n) is 7.47. The normalized spacial score (nSPS) is 16.0. The van der Waals surface area contributed by atoms with Crippen LogP contribution < -0.4 is 9.80 Å². The maximum atomic E-state index is 3.22. The van der Waals surface area contributed by atoms with E-state index in [1.807, 2.05) is 60.9 Å². The molecule has 4 rings (SSSR count). The molecule has 24 heavy (non-hydrogen) atoms. The van der Waals surface area contributed by atoms with Gasteiger partial charge in [-0.3, -0.25) is 0 Å². The van der Waals surface area contributed by atoms with Crippen LogP contribution in [0.4, 0.5) is 11.4 Å². The summed E-state index contributed by atoms with van der Waals surface area (Å²) in [5.41, 5.74) is 2.07. The molecule has 0 amide bonds. The molecule has 2 aliphatic rings. The second kappa shape index (κ2) is 7.59. The molecule has 0 saturated heterocycles. The van der Waals surface area contributed by atoms with Gasteiger partial charge in [-0.05, 0) is 24.8 Å². The average molecular weight is 495 g/mol. The van der Waals surface area contributed by atoms with E-state index < -0.39 is 0 Å². The maximum absolute atomic E-state index is 3.22. The molecule has 0 radical (unpaired) electrons. The van der Waals surface area contributed by atoms with Gasteiger partial charge in [-0.2, -0.15) is 74.0 Å². The van der Waals surface area contributed by atoms with E-state index in [0.29, 0.717) is 0 Å². The topological polar surface area (TPSA) is 13.0 Å². The smallest absolute Gasteiger partial charge is 0.500 e. The van der Waals surface area contributed by atoms with Gasteiger partial charge in [-0.1, -0.05) is 0 Å². The number of para-hydroxylation sites is 2. The Balaban J connectivity index is 0.00000169. The van der Waals surface area contributed by atoms with Crippen LogP contribution in [-0.4, -0.2) is 16.5 Å². The summed E-state index contributed by atoms with van der Waals surface area (Å²) in [6.45, 7) is 4.87. The van der Waals surface area contributed by atoms with Gasteiger partial charge in [0.05, 0.1) is 0 Å². The van der Waals surface area contributed by atoms with E-state index in [0.717, 1.165) is 18.0 Å². The van der Waals surface area contributed by atoms with E-state index in [9.17, 15) is 0 Å². The summed E-state index contributed by atoms with van der Waals surface area (Å²) in [6.07, 6.45) is 8.18. The second-order valence-corrected chi connectivity index (χ2v) is 5.31. The second-order valence-electron chi connectivity index (χ2n) is 5.31. The van der Waals surface area contributed by atoms with Crippen molar-refractivity contribution in [2.24, 2.45) is 0 Å². The predicted octanol–water partition coefficient (Wildman–Crippen LogP) is 3.37. The van der Waals surface area contributed by atoms with Crippen molar-refractivity contribution in [3.8, 4) is 0 Å². The summed E-state index contributed by atoms with van der Waals surface area (Å²) in [4.78, 5) is 8.37. The van der Waals surface area contributed by atoms with Crippen molar-refractivity contribution in [2.45, 2.75) is 0 Å². The molecule has 2 aromatic rings. The van der Waals surface area contributed by atoms with E-state index in [1.54, 1.807) is 0 Å². The summed E-state index contributed by atoms with van der Waals surface area (Å²) in [7, 11) is 0. The fourth-order valence-corrected chi connectivity index (χ4v) is 2.52. The average Bonchev–Trinajstić information content (AvgIpc) is 3.27. The number of benzene rings is 2. The molecule has 0 fully saturated rings. The maximum Gasteiger partial charge on any atom is 4.00 e. The molecule has 0 bridgehead atoms. The zero-order valence-corrected chi connectivity index (χ0v) is 15.2. The molecule has 4 nitrogen and oxygen atoms in total. The number of nitrogens with zero attached hydrogens (tertiary/aromatic N) is 4. The van der Waals surface area contributed by atoms with Gasteiger partial charge in [-0.15, -0.1) is 11.4 Å².